The van der Waals surface area contributed by atoms with Gasteiger partial charge < -0.3 is 15.2 Å². The van der Waals surface area contributed by atoms with E-state index in [2.05, 4.69) is 17.4 Å². The lowest BCUT2D eigenvalue weighted by molar-refractivity contribution is 0.186. The molecule has 1 unspecified atom stereocenters. The predicted molar refractivity (Wildman–Crippen MR) is 82.3 cm³/mol. The third kappa shape index (κ3) is 3.31. The summed E-state index contributed by atoms with van der Waals surface area (Å²) >= 11 is 0. The molecule has 20 heavy (non-hydrogen) atoms. The van der Waals surface area contributed by atoms with Crippen LogP contribution in [0.15, 0.2) is 42.5 Å². The summed E-state index contributed by atoms with van der Waals surface area (Å²) in [5, 5.41) is 13.2. The molecule has 0 spiro atoms. The molecule has 2 rings (SSSR count). The Kier molecular flexibility index (Phi) is 4.64. The number of nitrogens with one attached hydrogen (secondary N) is 1. The van der Waals surface area contributed by atoms with Gasteiger partial charge in [-0.2, -0.15) is 0 Å². The van der Waals surface area contributed by atoms with Crippen LogP contribution in [0.1, 0.15) is 22.7 Å². The highest BCUT2D eigenvalue weighted by Gasteiger charge is 2.13. The first-order valence-corrected chi connectivity index (χ1v) is 6.72. The zero-order valence-electron chi connectivity index (χ0n) is 12.2. The van der Waals surface area contributed by atoms with Crippen LogP contribution in [0.5, 0.6) is 5.75 Å². The van der Waals surface area contributed by atoms with Crippen molar-refractivity contribution in [3.05, 3.63) is 59.2 Å². The largest absolute Gasteiger partial charge is 0.508 e. The molecule has 0 aliphatic carbocycles. The lowest BCUT2D eigenvalue weighted by atomic mass is 10.0. The topological polar surface area (TPSA) is 41.5 Å². The lowest BCUT2D eigenvalue weighted by Crippen LogP contribution is -2.16. The van der Waals surface area contributed by atoms with Gasteiger partial charge in [0.2, 0.25) is 0 Å². The van der Waals surface area contributed by atoms with Gasteiger partial charge in [0.15, 0.2) is 0 Å². The van der Waals surface area contributed by atoms with Crippen molar-refractivity contribution in [2.24, 2.45) is 0 Å². The maximum atomic E-state index is 9.73. The summed E-state index contributed by atoms with van der Waals surface area (Å²) in [6.45, 7) is 4.47. The summed E-state index contributed by atoms with van der Waals surface area (Å²) in [5.41, 5.74) is 4.08. The van der Waals surface area contributed by atoms with Crippen molar-refractivity contribution in [1.29, 1.82) is 0 Å². The Balaban J connectivity index is 2.27. The van der Waals surface area contributed by atoms with Crippen LogP contribution in [0, 0.1) is 13.8 Å². The number of aromatic hydroxyl groups is 1. The van der Waals surface area contributed by atoms with Crippen LogP contribution in [0.3, 0.4) is 0 Å². The van der Waals surface area contributed by atoms with Crippen LogP contribution in [0.4, 0.5) is 5.69 Å². The number of hydrogen-bond donors (Lipinski definition) is 2. The van der Waals surface area contributed by atoms with Gasteiger partial charge in [0.1, 0.15) is 5.75 Å². The molecule has 0 amide bonds. The molecule has 0 saturated carbocycles. The van der Waals surface area contributed by atoms with Gasteiger partial charge in [0.05, 0.1) is 12.6 Å². The Morgan fingerprint density at radius 2 is 1.80 bits per heavy atom. The Bertz CT molecular complexity index is 567. The molecule has 0 saturated heterocycles. The van der Waals surface area contributed by atoms with Gasteiger partial charge in [-0.05, 0) is 42.7 Å². The average molecular weight is 271 g/mol. The summed E-state index contributed by atoms with van der Waals surface area (Å²) in [7, 11) is 1.70. The highest BCUT2D eigenvalue weighted by Crippen LogP contribution is 2.28. The molecule has 0 bridgehead atoms. The van der Waals surface area contributed by atoms with Crippen LogP contribution < -0.4 is 5.32 Å². The van der Waals surface area contributed by atoms with Gasteiger partial charge in [0.25, 0.3) is 0 Å². The summed E-state index contributed by atoms with van der Waals surface area (Å²) in [6, 6.07) is 14.1. The normalized spacial score (nSPS) is 12.2. The predicted octanol–water partition coefficient (Wildman–Crippen LogP) is 3.81. The van der Waals surface area contributed by atoms with Crippen molar-refractivity contribution in [1.82, 2.24) is 0 Å². The van der Waals surface area contributed by atoms with E-state index in [9.17, 15) is 5.11 Å². The smallest absolute Gasteiger partial charge is 0.118 e. The van der Waals surface area contributed by atoms with Crippen LogP contribution in [-0.4, -0.2) is 18.8 Å². The van der Waals surface area contributed by atoms with E-state index in [1.807, 2.05) is 38.1 Å². The molecular formula is C17H21NO2. The number of anilines is 1. The second-order valence-electron chi connectivity index (χ2n) is 5.02. The van der Waals surface area contributed by atoms with E-state index < -0.39 is 0 Å². The number of phenolic OH excluding ortho intramolecular Hbond substituents is 1. The number of aryl methyl sites for hydroxylation is 2. The highest BCUT2D eigenvalue weighted by atomic mass is 16.5. The fraction of sp³-hybridized carbons (Fsp3) is 0.294. The standard InChI is InChI=1S/C17H21NO2/c1-12-10-17(19)13(2)9-15(12)18-16(11-20-3)14-7-5-4-6-8-14/h4-10,16,18-19H,11H2,1-3H3. The molecule has 2 aromatic carbocycles. The quantitative estimate of drug-likeness (QED) is 0.813. The molecule has 3 nitrogen and oxygen atoms in total. The van der Waals surface area contributed by atoms with Gasteiger partial charge in [-0.1, -0.05) is 30.3 Å². The molecule has 0 radical (unpaired) electrons. The third-order valence-corrected chi connectivity index (χ3v) is 3.41. The minimum absolute atomic E-state index is 0.0869. The van der Waals surface area contributed by atoms with Crippen LogP contribution in [-0.2, 0) is 4.74 Å². The van der Waals surface area contributed by atoms with Crippen molar-refractivity contribution in [3.63, 3.8) is 0 Å². The number of ether oxygens (including phenoxy) is 1. The van der Waals surface area contributed by atoms with E-state index in [0.29, 0.717) is 12.4 Å². The number of phenols is 1. The van der Waals surface area contributed by atoms with Gasteiger partial charge in [-0.3, -0.25) is 0 Å². The van der Waals surface area contributed by atoms with Gasteiger partial charge in [-0.25, -0.2) is 0 Å². The molecule has 2 aromatic rings. The summed E-state index contributed by atoms with van der Waals surface area (Å²) < 4.78 is 5.31. The van der Waals surface area contributed by atoms with Gasteiger partial charge in [0, 0.05) is 12.8 Å². The number of benzene rings is 2. The first-order valence-electron chi connectivity index (χ1n) is 6.72. The van der Waals surface area contributed by atoms with Crippen LogP contribution in [0.25, 0.3) is 0 Å². The Hall–Kier alpha value is -2.00. The Morgan fingerprint density at radius 1 is 1.10 bits per heavy atom. The molecule has 0 heterocycles. The van der Waals surface area contributed by atoms with Crippen molar-refractivity contribution in [3.8, 4) is 5.75 Å². The van der Waals surface area contributed by atoms with E-state index >= 15 is 0 Å². The first-order chi connectivity index (χ1) is 9.61. The van der Waals surface area contributed by atoms with E-state index in [4.69, 9.17) is 4.74 Å². The van der Waals surface area contributed by atoms with Crippen molar-refractivity contribution < 1.29 is 9.84 Å². The van der Waals surface area contributed by atoms with E-state index in [-0.39, 0.29) is 6.04 Å². The molecule has 0 aliphatic heterocycles. The number of hydrogen-bond acceptors (Lipinski definition) is 3. The van der Waals surface area contributed by atoms with Gasteiger partial charge in [-0.15, -0.1) is 0 Å². The molecule has 106 valence electrons. The molecular weight excluding hydrogens is 250 g/mol. The maximum absolute atomic E-state index is 9.73. The molecule has 0 aliphatic rings. The van der Waals surface area contributed by atoms with E-state index in [1.54, 1.807) is 13.2 Å². The average Bonchev–Trinajstić information content (AvgIpc) is 2.45. The summed E-state index contributed by atoms with van der Waals surface area (Å²) in [4.78, 5) is 0. The Labute approximate surface area is 120 Å². The van der Waals surface area contributed by atoms with Gasteiger partial charge >= 0.3 is 0 Å². The van der Waals surface area contributed by atoms with E-state index in [1.165, 1.54) is 5.56 Å². The zero-order valence-corrected chi connectivity index (χ0v) is 12.2. The fourth-order valence-electron chi connectivity index (χ4n) is 2.22. The third-order valence-electron chi connectivity index (χ3n) is 3.41. The minimum Gasteiger partial charge on any atom is -0.508 e. The highest BCUT2D eigenvalue weighted by molar-refractivity contribution is 5.57. The maximum Gasteiger partial charge on any atom is 0.118 e. The summed E-state index contributed by atoms with van der Waals surface area (Å²) in [6.07, 6.45) is 0. The monoisotopic (exact) mass is 271 g/mol. The molecule has 1 atom stereocenters. The van der Waals surface area contributed by atoms with E-state index in [0.717, 1.165) is 16.8 Å². The molecule has 0 fully saturated rings. The second-order valence-corrected chi connectivity index (χ2v) is 5.02. The second kappa shape index (κ2) is 6.44. The van der Waals surface area contributed by atoms with Crippen LogP contribution >= 0.6 is 0 Å². The Morgan fingerprint density at radius 3 is 2.45 bits per heavy atom. The summed E-state index contributed by atoms with van der Waals surface area (Å²) in [5.74, 6) is 0.330. The van der Waals surface area contributed by atoms with Crippen molar-refractivity contribution in [2.75, 3.05) is 19.0 Å². The van der Waals surface area contributed by atoms with Crippen molar-refractivity contribution >= 4 is 5.69 Å². The molecule has 2 N–H and O–H groups in total. The molecule has 0 aromatic heterocycles. The van der Waals surface area contributed by atoms with Crippen LogP contribution in [0.2, 0.25) is 0 Å². The van der Waals surface area contributed by atoms with Crippen molar-refractivity contribution in [2.45, 2.75) is 19.9 Å². The lowest BCUT2D eigenvalue weighted by Gasteiger charge is -2.21. The zero-order chi connectivity index (χ0) is 14.5. The number of rotatable bonds is 5. The SMILES string of the molecule is COCC(Nc1cc(C)c(O)cc1C)c1ccccc1. The fourth-order valence-corrected chi connectivity index (χ4v) is 2.22. The molecule has 3 heteroatoms. The first kappa shape index (κ1) is 14.4. The number of methoxy groups -OCH3 is 1. The minimum atomic E-state index is 0.0869.